The molecule has 0 unspecified atom stereocenters. The Bertz CT molecular complexity index is 1100. The van der Waals surface area contributed by atoms with Gasteiger partial charge in [0.05, 0.1) is 19.7 Å². The van der Waals surface area contributed by atoms with Crippen molar-refractivity contribution in [1.29, 1.82) is 0 Å². The molecule has 0 saturated carbocycles. The van der Waals surface area contributed by atoms with Crippen LogP contribution in [0.4, 0.5) is 11.5 Å². The van der Waals surface area contributed by atoms with Crippen molar-refractivity contribution in [2.75, 3.05) is 19.5 Å². The second-order valence-corrected chi connectivity index (χ2v) is 6.75. The van der Waals surface area contributed by atoms with Gasteiger partial charge in [0.2, 0.25) is 0 Å². The van der Waals surface area contributed by atoms with Crippen molar-refractivity contribution in [2.45, 2.75) is 12.8 Å². The molecule has 146 valence electrons. The second-order valence-electron chi connectivity index (χ2n) is 6.75. The maximum absolute atomic E-state index is 5.42. The van der Waals surface area contributed by atoms with Gasteiger partial charge in [-0.25, -0.2) is 9.97 Å². The maximum Gasteiger partial charge on any atom is 0.162 e. The highest BCUT2D eigenvalue weighted by Crippen LogP contribution is 2.34. The van der Waals surface area contributed by atoms with E-state index in [0.717, 1.165) is 35.2 Å². The molecule has 3 aromatic carbocycles. The molecule has 0 saturated heterocycles. The highest BCUT2D eigenvalue weighted by atomic mass is 16.5. The number of fused-ring (bicyclic) bond motifs is 1. The molecule has 0 atom stereocenters. The molecule has 5 nitrogen and oxygen atoms in total. The summed E-state index contributed by atoms with van der Waals surface area (Å²) in [6, 6.07) is 22.8. The normalized spacial score (nSPS) is 10.7. The van der Waals surface area contributed by atoms with E-state index < -0.39 is 0 Å². The largest absolute Gasteiger partial charge is 0.493 e. The summed E-state index contributed by atoms with van der Waals surface area (Å²) in [5.41, 5.74) is 4.42. The molecule has 0 radical (unpaired) electrons. The van der Waals surface area contributed by atoms with E-state index in [9.17, 15) is 0 Å². The molecule has 0 aliphatic rings. The van der Waals surface area contributed by atoms with Crippen LogP contribution in [0, 0.1) is 0 Å². The zero-order valence-corrected chi connectivity index (χ0v) is 16.6. The molecule has 0 aliphatic carbocycles. The predicted octanol–water partition coefficient (Wildman–Crippen LogP) is 5.18. The number of aryl methyl sites for hydroxylation is 2. The molecule has 0 amide bonds. The average molecular weight is 385 g/mol. The van der Waals surface area contributed by atoms with Crippen LogP contribution in [-0.4, -0.2) is 24.2 Å². The molecule has 1 heterocycles. The Kier molecular flexibility index (Phi) is 5.56. The molecule has 0 aliphatic heterocycles. The fraction of sp³-hybridized carbons (Fsp3) is 0.167. The summed E-state index contributed by atoms with van der Waals surface area (Å²) in [5.74, 6) is 2.02. The van der Waals surface area contributed by atoms with Crippen LogP contribution in [0.3, 0.4) is 0 Å². The molecule has 1 N–H and O–H groups in total. The molecule has 0 fully saturated rings. The highest BCUT2D eigenvalue weighted by molar-refractivity contribution is 5.93. The number of hydrogen-bond donors (Lipinski definition) is 1. The zero-order valence-electron chi connectivity index (χ0n) is 16.6. The van der Waals surface area contributed by atoms with Crippen LogP contribution in [0.5, 0.6) is 11.5 Å². The number of rotatable bonds is 7. The lowest BCUT2D eigenvalue weighted by Crippen LogP contribution is -1.98. The molecule has 29 heavy (non-hydrogen) atoms. The van der Waals surface area contributed by atoms with E-state index >= 15 is 0 Å². The van der Waals surface area contributed by atoms with Gasteiger partial charge in [-0.15, -0.1) is 0 Å². The van der Waals surface area contributed by atoms with Crippen molar-refractivity contribution in [2.24, 2.45) is 0 Å². The van der Waals surface area contributed by atoms with Gasteiger partial charge in [0.25, 0.3) is 0 Å². The minimum absolute atomic E-state index is 0.646. The van der Waals surface area contributed by atoms with Crippen molar-refractivity contribution in [3.63, 3.8) is 0 Å². The highest BCUT2D eigenvalue weighted by Gasteiger charge is 2.11. The average Bonchev–Trinajstić information content (AvgIpc) is 2.78. The quantitative estimate of drug-likeness (QED) is 0.475. The van der Waals surface area contributed by atoms with Gasteiger partial charge in [0, 0.05) is 17.1 Å². The summed E-state index contributed by atoms with van der Waals surface area (Å²) in [4.78, 5) is 8.76. The number of methoxy groups -OCH3 is 2. The summed E-state index contributed by atoms with van der Waals surface area (Å²) in [7, 11) is 3.23. The number of aromatic nitrogens is 2. The molecule has 1 aromatic heterocycles. The number of ether oxygens (including phenoxy) is 2. The molecule has 4 rings (SSSR count). The van der Waals surface area contributed by atoms with Crippen molar-refractivity contribution < 1.29 is 9.47 Å². The number of anilines is 2. The van der Waals surface area contributed by atoms with Crippen molar-refractivity contribution in [3.8, 4) is 11.5 Å². The van der Waals surface area contributed by atoms with Gasteiger partial charge in [-0.2, -0.15) is 0 Å². The second kappa shape index (κ2) is 8.61. The summed E-state index contributed by atoms with van der Waals surface area (Å²) >= 11 is 0. The first kappa shape index (κ1) is 18.7. The van der Waals surface area contributed by atoms with E-state index in [1.54, 1.807) is 20.5 Å². The number of nitrogens with one attached hydrogen (secondary N) is 1. The van der Waals surface area contributed by atoms with Crippen molar-refractivity contribution in [1.82, 2.24) is 9.97 Å². The smallest absolute Gasteiger partial charge is 0.162 e. The number of hydrogen-bond acceptors (Lipinski definition) is 5. The van der Waals surface area contributed by atoms with Gasteiger partial charge in [0.15, 0.2) is 11.5 Å². The van der Waals surface area contributed by atoms with E-state index in [0.29, 0.717) is 11.5 Å². The van der Waals surface area contributed by atoms with Gasteiger partial charge in [-0.3, -0.25) is 0 Å². The zero-order chi connectivity index (χ0) is 20.1. The minimum atomic E-state index is 0.646. The number of benzene rings is 3. The first-order valence-corrected chi connectivity index (χ1v) is 9.53. The lowest BCUT2D eigenvalue weighted by Gasteiger charge is -2.12. The SMILES string of the molecule is COc1cc2ncnc(Nc3ccc(CCc4ccccc4)cc3)c2cc1OC. The topological polar surface area (TPSA) is 56.3 Å². The first-order chi connectivity index (χ1) is 14.3. The lowest BCUT2D eigenvalue weighted by molar-refractivity contribution is 0.356. The third-order valence-corrected chi connectivity index (χ3v) is 4.90. The fourth-order valence-electron chi connectivity index (χ4n) is 3.31. The van der Waals surface area contributed by atoms with E-state index in [1.807, 2.05) is 18.2 Å². The van der Waals surface area contributed by atoms with Crippen LogP contribution in [0.2, 0.25) is 0 Å². The maximum atomic E-state index is 5.42. The van der Waals surface area contributed by atoms with Gasteiger partial charge in [-0.05, 0) is 42.2 Å². The fourth-order valence-corrected chi connectivity index (χ4v) is 3.31. The van der Waals surface area contributed by atoms with Crippen LogP contribution in [-0.2, 0) is 12.8 Å². The Morgan fingerprint density at radius 2 is 1.41 bits per heavy atom. The third kappa shape index (κ3) is 4.29. The molecular formula is C24H23N3O2. The van der Waals surface area contributed by atoms with Crippen LogP contribution in [0.15, 0.2) is 73.1 Å². The van der Waals surface area contributed by atoms with E-state index in [-0.39, 0.29) is 0 Å². The van der Waals surface area contributed by atoms with Gasteiger partial charge in [0.1, 0.15) is 12.1 Å². The van der Waals surface area contributed by atoms with E-state index in [2.05, 4.69) is 63.8 Å². The minimum Gasteiger partial charge on any atom is -0.493 e. The monoisotopic (exact) mass is 385 g/mol. The summed E-state index contributed by atoms with van der Waals surface area (Å²) < 4.78 is 10.8. The Balaban J connectivity index is 1.52. The molecule has 0 bridgehead atoms. The van der Waals surface area contributed by atoms with Gasteiger partial charge in [-0.1, -0.05) is 42.5 Å². The van der Waals surface area contributed by atoms with Crippen LogP contribution in [0.1, 0.15) is 11.1 Å². The first-order valence-electron chi connectivity index (χ1n) is 9.53. The van der Waals surface area contributed by atoms with Crippen molar-refractivity contribution >= 4 is 22.4 Å². The standard InChI is InChI=1S/C24H23N3O2/c1-28-22-14-20-21(15-23(22)29-2)25-16-26-24(20)27-19-12-10-18(11-13-19)9-8-17-6-4-3-5-7-17/h3-7,10-16H,8-9H2,1-2H3,(H,25,26,27). The Labute approximate surface area is 170 Å². The van der Waals surface area contributed by atoms with Crippen LogP contribution < -0.4 is 14.8 Å². The van der Waals surface area contributed by atoms with Gasteiger partial charge >= 0.3 is 0 Å². The molecule has 4 aromatic rings. The Morgan fingerprint density at radius 1 is 0.759 bits per heavy atom. The predicted molar refractivity (Wildman–Crippen MR) is 116 cm³/mol. The summed E-state index contributed by atoms with van der Waals surface area (Å²) in [5, 5.41) is 4.26. The molecule has 5 heteroatoms. The Hall–Kier alpha value is -3.60. The lowest BCUT2D eigenvalue weighted by atomic mass is 10.0. The van der Waals surface area contributed by atoms with E-state index in [4.69, 9.17) is 9.47 Å². The van der Waals surface area contributed by atoms with Crippen LogP contribution in [0.25, 0.3) is 10.9 Å². The summed E-state index contributed by atoms with van der Waals surface area (Å²) in [6.45, 7) is 0. The van der Waals surface area contributed by atoms with Crippen molar-refractivity contribution in [3.05, 3.63) is 84.2 Å². The molecule has 0 spiro atoms. The molecular weight excluding hydrogens is 362 g/mol. The third-order valence-electron chi connectivity index (χ3n) is 4.90. The summed E-state index contributed by atoms with van der Waals surface area (Å²) in [6.07, 6.45) is 3.59. The number of nitrogens with zero attached hydrogens (tertiary/aromatic N) is 2. The van der Waals surface area contributed by atoms with E-state index in [1.165, 1.54) is 11.1 Å². The van der Waals surface area contributed by atoms with Gasteiger partial charge < -0.3 is 14.8 Å². The Morgan fingerprint density at radius 3 is 2.10 bits per heavy atom. The van der Waals surface area contributed by atoms with Crippen LogP contribution >= 0.6 is 0 Å².